The Hall–Kier alpha value is -2.74. The van der Waals surface area contributed by atoms with Crippen molar-refractivity contribution in [3.63, 3.8) is 0 Å². The Bertz CT molecular complexity index is 619. The fraction of sp³-hybridized carbons (Fsp3) is 0.143. The molecule has 5 nitrogen and oxygen atoms in total. The van der Waals surface area contributed by atoms with Crippen molar-refractivity contribution in [2.75, 3.05) is 18.2 Å². The van der Waals surface area contributed by atoms with Gasteiger partial charge in [-0.1, -0.05) is 6.07 Å². The highest BCUT2D eigenvalue weighted by Gasteiger charge is 2.01. The average Bonchev–Trinajstić information content (AvgIpc) is 2.45. The molecule has 1 aromatic heterocycles. The number of nitrogens with two attached hydrogens (primary N) is 1. The number of ether oxygens (including phenoxy) is 1. The smallest absolute Gasteiger partial charge is 0.141 e. The van der Waals surface area contributed by atoms with Crippen molar-refractivity contribution in [3.8, 4) is 11.8 Å². The summed E-state index contributed by atoms with van der Waals surface area (Å²) in [5, 5.41) is 11.9. The third-order valence-corrected chi connectivity index (χ3v) is 2.66. The van der Waals surface area contributed by atoms with Crippen molar-refractivity contribution in [2.24, 2.45) is 0 Å². The van der Waals surface area contributed by atoms with Crippen LogP contribution in [0.25, 0.3) is 0 Å². The highest BCUT2D eigenvalue weighted by atomic mass is 16.5. The maximum absolute atomic E-state index is 8.81. The number of anilines is 2. The second-order valence-electron chi connectivity index (χ2n) is 3.97. The topological polar surface area (TPSA) is 84.0 Å². The Kier molecular flexibility index (Phi) is 3.84. The summed E-state index contributed by atoms with van der Waals surface area (Å²) in [6, 6.07) is 11.0. The summed E-state index contributed by atoms with van der Waals surface area (Å²) in [5.74, 6) is 1.32. The Morgan fingerprint density at radius 3 is 2.89 bits per heavy atom. The van der Waals surface area contributed by atoms with Gasteiger partial charge < -0.3 is 15.8 Å². The van der Waals surface area contributed by atoms with E-state index in [9.17, 15) is 0 Å². The van der Waals surface area contributed by atoms with Crippen molar-refractivity contribution in [1.29, 1.82) is 5.26 Å². The average molecular weight is 254 g/mol. The van der Waals surface area contributed by atoms with Gasteiger partial charge in [-0.2, -0.15) is 5.26 Å². The maximum Gasteiger partial charge on any atom is 0.141 e. The van der Waals surface area contributed by atoms with Crippen LogP contribution in [-0.4, -0.2) is 12.1 Å². The van der Waals surface area contributed by atoms with Crippen molar-refractivity contribution in [3.05, 3.63) is 47.7 Å². The van der Waals surface area contributed by atoms with Gasteiger partial charge in [0.05, 0.1) is 24.4 Å². The SMILES string of the molecule is COc1ccc(CNc2cc(C#N)ccn2)cc1N. The van der Waals surface area contributed by atoms with E-state index in [0.717, 1.165) is 5.56 Å². The lowest BCUT2D eigenvalue weighted by molar-refractivity contribution is 0.417. The first kappa shape index (κ1) is 12.7. The molecule has 19 heavy (non-hydrogen) atoms. The standard InChI is InChI=1S/C14H14N4O/c1-19-13-3-2-11(6-12(13)16)9-18-14-7-10(8-15)4-5-17-14/h2-7H,9,16H2,1H3,(H,17,18). The van der Waals surface area contributed by atoms with E-state index in [1.807, 2.05) is 18.2 Å². The number of hydrogen-bond donors (Lipinski definition) is 2. The van der Waals surface area contributed by atoms with Gasteiger partial charge in [0.25, 0.3) is 0 Å². The number of nitrogen functional groups attached to an aromatic ring is 1. The largest absolute Gasteiger partial charge is 0.495 e. The molecule has 5 heteroatoms. The van der Waals surface area contributed by atoms with Crippen molar-refractivity contribution in [1.82, 2.24) is 4.98 Å². The molecular formula is C14H14N4O. The summed E-state index contributed by atoms with van der Waals surface area (Å²) in [6.45, 7) is 0.579. The predicted octanol–water partition coefficient (Wildman–Crippen LogP) is 2.16. The lowest BCUT2D eigenvalue weighted by Crippen LogP contribution is -2.02. The van der Waals surface area contributed by atoms with E-state index in [1.165, 1.54) is 0 Å². The number of nitrogens with one attached hydrogen (secondary N) is 1. The first-order valence-electron chi connectivity index (χ1n) is 5.75. The Morgan fingerprint density at radius 2 is 2.21 bits per heavy atom. The zero-order valence-corrected chi connectivity index (χ0v) is 10.6. The fourth-order valence-electron chi connectivity index (χ4n) is 1.68. The molecule has 2 aromatic rings. The van der Waals surface area contributed by atoms with Crippen LogP contribution in [0.4, 0.5) is 11.5 Å². The predicted molar refractivity (Wildman–Crippen MR) is 73.7 cm³/mol. The minimum absolute atomic E-state index is 0.576. The molecule has 0 spiro atoms. The molecule has 0 saturated carbocycles. The molecule has 96 valence electrons. The third-order valence-electron chi connectivity index (χ3n) is 2.66. The number of benzene rings is 1. The van der Waals surface area contributed by atoms with E-state index in [0.29, 0.717) is 29.4 Å². The molecular weight excluding hydrogens is 240 g/mol. The minimum atomic E-state index is 0.576. The fourth-order valence-corrected chi connectivity index (χ4v) is 1.68. The molecule has 0 aliphatic heterocycles. The van der Waals surface area contributed by atoms with E-state index < -0.39 is 0 Å². The molecule has 0 atom stereocenters. The number of pyridine rings is 1. The second-order valence-corrected chi connectivity index (χ2v) is 3.97. The third kappa shape index (κ3) is 3.13. The number of methoxy groups -OCH3 is 1. The zero-order chi connectivity index (χ0) is 13.7. The van der Waals surface area contributed by atoms with Crippen LogP contribution >= 0.6 is 0 Å². The summed E-state index contributed by atoms with van der Waals surface area (Å²) >= 11 is 0. The summed E-state index contributed by atoms with van der Waals surface area (Å²) in [7, 11) is 1.58. The van der Waals surface area contributed by atoms with Crippen molar-refractivity contribution >= 4 is 11.5 Å². The monoisotopic (exact) mass is 254 g/mol. The van der Waals surface area contributed by atoms with Crippen LogP contribution in [0.1, 0.15) is 11.1 Å². The number of rotatable bonds is 4. The van der Waals surface area contributed by atoms with Crippen LogP contribution in [0, 0.1) is 11.3 Å². The molecule has 2 rings (SSSR count). The highest BCUT2D eigenvalue weighted by molar-refractivity contribution is 5.54. The molecule has 0 unspecified atom stereocenters. The molecule has 0 aliphatic carbocycles. The normalized spacial score (nSPS) is 9.68. The van der Waals surface area contributed by atoms with Gasteiger partial charge in [0.15, 0.2) is 0 Å². The molecule has 3 N–H and O–H groups in total. The van der Waals surface area contributed by atoms with Gasteiger partial charge in [-0.15, -0.1) is 0 Å². The van der Waals surface area contributed by atoms with Crippen LogP contribution in [0.5, 0.6) is 5.75 Å². The minimum Gasteiger partial charge on any atom is -0.495 e. The first-order chi connectivity index (χ1) is 9.22. The maximum atomic E-state index is 8.81. The number of nitrogens with zero attached hydrogens (tertiary/aromatic N) is 2. The van der Waals surface area contributed by atoms with Gasteiger partial charge in [0.1, 0.15) is 11.6 Å². The summed E-state index contributed by atoms with van der Waals surface area (Å²) < 4.78 is 5.10. The van der Waals surface area contributed by atoms with Crippen LogP contribution in [0.3, 0.4) is 0 Å². The molecule has 0 saturated heterocycles. The van der Waals surface area contributed by atoms with Crippen LogP contribution in [0.2, 0.25) is 0 Å². The zero-order valence-electron chi connectivity index (χ0n) is 10.6. The summed E-state index contributed by atoms with van der Waals surface area (Å²) in [6.07, 6.45) is 1.60. The van der Waals surface area contributed by atoms with E-state index in [2.05, 4.69) is 16.4 Å². The van der Waals surface area contributed by atoms with Gasteiger partial charge >= 0.3 is 0 Å². The number of hydrogen-bond acceptors (Lipinski definition) is 5. The van der Waals surface area contributed by atoms with Gasteiger partial charge in [0, 0.05) is 12.7 Å². The molecule has 0 amide bonds. The Morgan fingerprint density at radius 1 is 1.37 bits per heavy atom. The van der Waals surface area contributed by atoms with Gasteiger partial charge in [-0.3, -0.25) is 0 Å². The van der Waals surface area contributed by atoms with Gasteiger partial charge in [-0.05, 0) is 29.8 Å². The second kappa shape index (κ2) is 5.74. The molecule has 1 heterocycles. The van der Waals surface area contributed by atoms with E-state index >= 15 is 0 Å². The molecule has 0 bridgehead atoms. The number of nitriles is 1. The molecule has 0 radical (unpaired) electrons. The van der Waals surface area contributed by atoms with Crippen molar-refractivity contribution < 1.29 is 4.74 Å². The molecule has 0 aliphatic rings. The molecule has 1 aromatic carbocycles. The van der Waals surface area contributed by atoms with Crippen LogP contribution in [-0.2, 0) is 6.54 Å². The van der Waals surface area contributed by atoms with Gasteiger partial charge in [0.2, 0.25) is 0 Å². The van der Waals surface area contributed by atoms with Gasteiger partial charge in [-0.25, -0.2) is 4.98 Å². The lowest BCUT2D eigenvalue weighted by Gasteiger charge is -2.09. The van der Waals surface area contributed by atoms with E-state index in [1.54, 1.807) is 25.4 Å². The number of aromatic nitrogens is 1. The van der Waals surface area contributed by atoms with E-state index in [4.69, 9.17) is 15.7 Å². The molecule has 0 fully saturated rings. The Balaban J connectivity index is 2.06. The van der Waals surface area contributed by atoms with E-state index in [-0.39, 0.29) is 0 Å². The summed E-state index contributed by atoms with van der Waals surface area (Å²) in [4.78, 5) is 4.14. The van der Waals surface area contributed by atoms with Crippen LogP contribution < -0.4 is 15.8 Å². The highest BCUT2D eigenvalue weighted by Crippen LogP contribution is 2.22. The van der Waals surface area contributed by atoms with Crippen LogP contribution in [0.15, 0.2) is 36.5 Å². The first-order valence-corrected chi connectivity index (χ1v) is 5.75. The lowest BCUT2D eigenvalue weighted by atomic mass is 10.2. The quantitative estimate of drug-likeness (QED) is 0.817. The van der Waals surface area contributed by atoms with Crippen molar-refractivity contribution in [2.45, 2.75) is 6.54 Å². The summed E-state index contributed by atoms with van der Waals surface area (Å²) in [5.41, 5.74) is 8.02. The Labute approximate surface area is 111 Å².